The Labute approximate surface area is 108 Å². The molecule has 0 radical (unpaired) electrons. The summed E-state index contributed by atoms with van der Waals surface area (Å²) in [5.74, 6) is 0.879. The quantitative estimate of drug-likeness (QED) is 0.597. The molecule has 0 aromatic heterocycles. The van der Waals surface area contributed by atoms with Crippen LogP contribution in [-0.4, -0.2) is 7.11 Å². The molecule has 0 bridgehead atoms. The highest BCUT2D eigenvalue weighted by Crippen LogP contribution is 2.27. The monoisotopic (exact) mass is 264 g/mol. The number of ether oxygens (including phenoxy) is 1. The van der Waals surface area contributed by atoms with E-state index < -0.39 is 0 Å². The van der Waals surface area contributed by atoms with Crippen molar-refractivity contribution in [2.75, 3.05) is 7.11 Å². The molecule has 17 heavy (non-hydrogen) atoms. The summed E-state index contributed by atoms with van der Waals surface area (Å²) in [6, 6.07) is 6.12. The van der Waals surface area contributed by atoms with Crippen LogP contribution in [0.1, 0.15) is 12.5 Å². The molecule has 2 atom stereocenters. The molecule has 0 saturated heterocycles. The van der Waals surface area contributed by atoms with E-state index in [9.17, 15) is 0 Å². The molecule has 0 aliphatic rings. The fourth-order valence-corrected chi connectivity index (χ4v) is 1.83. The van der Waals surface area contributed by atoms with Crippen molar-refractivity contribution in [2.45, 2.75) is 6.92 Å². The van der Waals surface area contributed by atoms with Gasteiger partial charge in [0.15, 0.2) is 0 Å². The van der Waals surface area contributed by atoms with Gasteiger partial charge in [-0.3, -0.25) is 0 Å². The van der Waals surface area contributed by atoms with Crippen molar-refractivity contribution in [3.8, 4) is 5.75 Å². The number of allylic oxidation sites excluding steroid dienone is 5. The lowest BCUT2D eigenvalue weighted by Gasteiger charge is -2.10. The highest BCUT2D eigenvalue weighted by atomic mass is 31.0. The number of hydrogen-bond acceptors (Lipinski definition) is 1. The first-order valence-corrected chi connectivity index (χ1v) is 6.46. The summed E-state index contributed by atoms with van der Waals surface area (Å²) in [7, 11) is 6.93. The van der Waals surface area contributed by atoms with Gasteiger partial charge >= 0.3 is 0 Å². The molecule has 0 spiro atoms. The fraction of sp³-hybridized carbons (Fsp3) is 0.143. The molecule has 1 aromatic carbocycles. The van der Waals surface area contributed by atoms with Gasteiger partial charge in [-0.05, 0) is 29.2 Å². The van der Waals surface area contributed by atoms with Crippen molar-refractivity contribution in [1.82, 2.24) is 0 Å². The first-order chi connectivity index (χ1) is 8.08. The minimum absolute atomic E-state index is 0.879. The van der Waals surface area contributed by atoms with E-state index in [0.717, 1.165) is 27.5 Å². The Kier molecular flexibility index (Phi) is 5.62. The molecule has 0 fully saturated rings. The van der Waals surface area contributed by atoms with Gasteiger partial charge in [0.05, 0.1) is 7.11 Å². The minimum Gasteiger partial charge on any atom is -0.496 e. The van der Waals surface area contributed by atoms with Crippen molar-refractivity contribution >= 4 is 29.4 Å². The SMILES string of the molecule is C=C(P)/C=C\C(=C/C)c1ccc(P)cc1OC. The Morgan fingerprint density at radius 3 is 2.59 bits per heavy atom. The first kappa shape index (κ1) is 14.2. The van der Waals surface area contributed by atoms with Crippen LogP contribution >= 0.6 is 18.5 Å². The van der Waals surface area contributed by atoms with E-state index in [0.29, 0.717) is 0 Å². The van der Waals surface area contributed by atoms with Crippen LogP contribution in [-0.2, 0) is 0 Å². The van der Waals surface area contributed by atoms with Crippen molar-refractivity contribution in [2.24, 2.45) is 0 Å². The second-order valence-corrected chi connectivity index (χ2v) is 5.02. The van der Waals surface area contributed by atoms with E-state index in [1.54, 1.807) is 7.11 Å². The van der Waals surface area contributed by atoms with Crippen molar-refractivity contribution in [1.29, 1.82) is 0 Å². The first-order valence-electron chi connectivity index (χ1n) is 5.31. The number of methoxy groups -OCH3 is 1. The third-order valence-electron chi connectivity index (χ3n) is 2.32. The third-order valence-corrected chi connectivity index (χ3v) is 2.88. The molecule has 2 unspecified atom stereocenters. The maximum absolute atomic E-state index is 5.40. The van der Waals surface area contributed by atoms with Gasteiger partial charge in [0, 0.05) is 5.56 Å². The normalized spacial score (nSPS) is 11.9. The van der Waals surface area contributed by atoms with Crippen molar-refractivity contribution in [3.63, 3.8) is 0 Å². The Morgan fingerprint density at radius 2 is 2.06 bits per heavy atom. The van der Waals surface area contributed by atoms with Crippen LogP contribution in [0.15, 0.2) is 48.3 Å². The summed E-state index contributed by atoms with van der Waals surface area (Å²) >= 11 is 0. The maximum atomic E-state index is 5.40. The Morgan fingerprint density at radius 1 is 1.35 bits per heavy atom. The lowest BCUT2D eigenvalue weighted by atomic mass is 10.0. The summed E-state index contributed by atoms with van der Waals surface area (Å²) in [4.78, 5) is 0. The predicted molar refractivity (Wildman–Crippen MR) is 84.0 cm³/mol. The average Bonchev–Trinajstić information content (AvgIpc) is 2.30. The van der Waals surface area contributed by atoms with Crippen LogP contribution in [0.3, 0.4) is 0 Å². The minimum atomic E-state index is 0.879. The van der Waals surface area contributed by atoms with Gasteiger partial charge in [-0.25, -0.2) is 0 Å². The third kappa shape index (κ3) is 4.11. The topological polar surface area (TPSA) is 9.23 Å². The molecule has 0 N–H and O–H groups in total. The van der Waals surface area contributed by atoms with E-state index >= 15 is 0 Å². The van der Waals surface area contributed by atoms with E-state index in [-0.39, 0.29) is 0 Å². The van der Waals surface area contributed by atoms with Crippen molar-refractivity contribution in [3.05, 3.63) is 53.9 Å². The summed E-state index contributed by atoms with van der Waals surface area (Å²) < 4.78 is 5.40. The van der Waals surface area contributed by atoms with Crippen LogP contribution in [0.25, 0.3) is 5.57 Å². The van der Waals surface area contributed by atoms with E-state index in [4.69, 9.17) is 4.74 Å². The molecule has 0 aliphatic carbocycles. The van der Waals surface area contributed by atoms with Gasteiger partial charge in [-0.1, -0.05) is 36.9 Å². The van der Waals surface area contributed by atoms with Gasteiger partial charge in [-0.15, -0.1) is 18.5 Å². The van der Waals surface area contributed by atoms with Crippen LogP contribution in [0.5, 0.6) is 5.75 Å². The molecule has 0 aliphatic heterocycles. The second-order valence-electron chi connectivity index (χ2n) is 3.61. The van der Waals surface area contributed by atoms with Crippen LogP contribution in [0, 0.1) is 0 Å². The Balaban J connectivity index is 3.17. The molecule has 0 heterocycles. The smallest absolute Gasteiger partial charge is 0.127 e. The van der Waals surface area contributed by atoms with Crippen LogP contribution in [0.2, 0.25) is 0 Å². The second kappa shape index (κ2) is 6.74. The molecule has 1 rings (SSSR count). The summed E-state index contributed by atoms with van der Waals surface area (Å²) in [5, 5.41) is 2.06. The molecule has 1 aromatic rings. The molecular formula is C14H18OP2. The van der Waals surface area contributed by atoms with Gasteiger partial charge in [-0.2, -0.15) is 0 Å². The Hall–Kier alpha value is -0.900. The largest absolute Gasteiger partial charge is 0.496 e. The lowest BCUT2D eigenvalue weighted by Crippen LogP contribution is -1.96. The fourth-order valence-electron chi connectivity index (χ4n) is 1.48. The van der Waals surface area contributed by atoms with E-state index in [2.05, 4.69) is 43.3 Å². The Bertz CT molecular complexity index is 473. The van der Waals surface area contributed by atoms with Crippen LogP contribution in [0.4, 0.5) is 0 Å². The number of rotatable bonds is 4. The van der Waals surface area contributed by atoms with Crippen molar-refractivity contribution < 1.29 is 4.74 Å². The zero-order valence-electron chi connectivity index (χ0n) is 10.2. The van der Waals surface area contributed by atoms with Gasteiger partial charge in [0.2, 0.25) is 0 Å². The van der Waals surface area contributed by atoms with E-state index in [1.807, 2.05) is 25.1 Å². The van der Waals surface area contributed by atoms with Gasteiger partial charge < -0.3 is 4.74 Å². The molecule has 90 valence electrons. The molecule has 0 amide bonds. The lowest BCUT2D eigenvalue weighted by molar-refractivity contribution is 0.414. The molecule has 1 nitrogen and oxygen atoms in total. The average molecular weight is 264 g/mol. The standard InChI is InChI=1S/C14H18OP2/c1-4-11(6-5-10(2)16)13-8-7-12(17)9-14(13)15-3/h4-9H,2,16-17H2,1,3H3/b6-5-,11-4+. The van der Waals surface area contributed by atoms with Gasteiger partial charge in [0.1, 0.15) is 5.75 Å². The molecule has 3 heteroatoms. The summed E-state index contributed by atoms with van der Waals surface area (Å²) in [6.45, 7) is 5.84. The molecular weight excluding hydrogens is 246 g/mol. The maximum Gasteiger partial charge on any atom is 0.127 e. The zero-order chi connectivity index (χ0) is 12.8. The van der Waals surface area contributed by atoms with Gasteiger partial charge in [0.25, 0.3) is 0 Å². The summed E-state index contributed by atoms with van der Waals surface area (Å²) in [6.07, 6.45) is 6.06. The summed E-state index contributed by atoms with van der Waals surface area (Å²) in [5.41, 5.74) is 2.21. The van der Waals surface area contributed by atoms with Crippen LogP contribution < -0.4 is 10.0 Å². The number of hydrogen-bond donors (Lipinski definition) is 0. The highest BCUT2D eigenvalue weighted by Gasteiger charge is 2.05. The highest BCUT2D eigenvalue weighted by molar-refractivity contribution is 7.27. The molecule has 0 saturated carbocycles. The van der Waals surface area contributed by atoms with E-state index in [1.165, 1.54) is 0 Å². The predicted octanol–water partition coefficient (Wildman–Crippen LogP) is 3.54. The number of benzene rings is 1. The zero-order valence-corrected chi connectivity index (χ0v) is 12.5.